The quantitative estimate of drug-likeness (QED) is 0.197. The van der Waals surface area contributed by atoms with Crippen LogP contribution in [0.4, 0.5) is 0 Å². The third-order valence-corrected chi connectivity index (χ3v) is 7.93. The van der Waals surface area contributed by atoms with Gasteiger partial charge in [0.2, 0.25) is 17.7 Å². The van der Waals surface area contributed by atoms with Crippen molar-refractivity contribution in [1.29, 1.82) is 0 Å². The number of aryl methyl sites for hydroxylation is 1. The number of amides is 3. The van der Waals surface area contributed by atoms with Crippen LogP contribution >= 0.6 is 23.7 Å². The number of ether oxygens (including phenoxy) is 3. The van der Waals surface area contributed by atoms with Crippen molar-refractivity contribution in [3.63, 3.8) is 0 Å². The lowest BCUT2D eigenvalue weighted by Gasteiger charge is -2.35. The highest BCUT2D eigenvalue weighted by molar-refractivity contribution is 7.13. The van der Waals surface area contributed by atoms with Crippen LogP contribution in [0.5, 0.6) is 0 Å². The molecule has 44 heavy (non-hydrogen) atoms. The fourth-order valence-corrected chi connectivity index (χ4v) is 5.48. The molecular formula is C30H46ClN5O7S. The number of nitrogens with two attached hydrogens (primary N) is 1. The zero-order valence-electron chi connectivity index (χ0n) is 25.9. The third kappa shape index (κ3) is 11.4. The lowest BCUT2D eigenvalue weighted by Crippen LogP contribution is -2.58. The maximum absolute atomic E-state index is 13.7. The van der Waals surface area contributed by atoms with Crippen molar-refractivity contribution < 1.29 is 33.7 Å². The summed E-state index contributed by atoms with van der Waals surface area (Å²) in [4.78, 5) is 46.4. The zero-order chi connectivity index (χ0) is 31.4. The number of thiazole rings is 1. The second-order valence-corrected chi connectivity index (χ2v) is 12.4. The van der Waals surface area contributed by atoms with Crippen LogP contribution in [0.1, 0.15) is 38.4 Å². The third-order valence-electron chi connectivity index (χ3n) is 6.95. The number of nitrogens with one attached hydrogen (secondary N) is 2. The van der Waals surface area contributed by atoms with E-state index >= 15 is 0 Å². The molecule has 1 fully saturated rings. The Morgan fingerprint density at radius 1 is 1.09 bits per heavy atom. The fraction of sp³-hybridized carbons (Fsp3) is 0.600. The lowest BCUT2D eigenvalue weighted by atomic mass is 9.85. The van der Waals surface area contributed by atoms with Crippen LogP contribution in [0.15, 0.2) is 29.8 Å². The number of nitrogens with zero attached hydrogens (tertiary/aromatic N) is 2. The average Bonchev–Trinajstić information content (AvgIpc) is 3.58. The number of benzene rings is 1. The Balaban J connectivity index is 0.00000675. The molecule has 1 aromatic carbocycles. The summed E-state index contributed by atoms with van der Waals surface area (Å²) in [6, 6.07) is 6.08. The summed E-state index contributed by atoms with van der Waals surface area (Å²) in [7, 11) is 0. The van der Waals surface area contributed by atoms with Gasteiger partial charge in [-0.1, -0.05) is 45.0 Å². The van der Waals surface area contributed by atoms with Gasteiger partial charge in [-0.15, -0.1) is 23.7 Å². The number of aliphatic hydroxyl groups is 1. The standard InChI is InChI=1S/C30H45N5O7S.ClH/c1-20-26(43-19-33-20)22-7-5-21(6-8-22)16-32-28(38)24-15-23(36)17-35(24)29(39)27(30(2,3)4)34-25(37)18-42-14-13-41-12-11-40-10-9-31;/h5-8,19,23-24,27,36H,9-18,31H2,1-4H3,(H,32,38)(H,34,37);1H/t23-,24+,27-;/m0./s1. The first kappa shape index (κ1) is 37.5. The van der Waals surface area contributed by atoms with Gasteiger partial charge in [0.25, 0.3) is 0 Å². The van der Waals surface area contributed by atoms with Gasteiger partial charge in [0.1, 0.15) is 18.7 Å². The molecule has 3 atom stereocenters. The number of likely N-dealkylation sites (tertiary alicyclic amines) is 1. The van der Waals surface area contributed by atoms with E-state index in [2.05, 4.69) is 15.6 Å². The van der Waals surface area contributed by atoms with Gasteiger partial charge in [0, 0.05) is 26.1 Å². The molecule has 0 aliphatic carbocycles. The lowest BCUT2D eigenvalue weighted by molar-refractivity contribution is -0.144. The second kappa shape index (κ2) is 18.4. The van der Waals surface area contributed by atoms with E-state index < -0.39 is 35.4 Å². The van der Waals surface area contributed by atoms with Crippen molar-refractivity contribution in [2.75, 3.05) is 52.7 Å². The van der Waals surface area contributed by atoms with Crippen LogP contribution in [0, 0.1) is 12.3 Å². The number of rotatable bonds is 16. The number of β-amino-alcohol motifs (C(OH)–C–C–N with tert-alkyl or cyclic N) is 1. The summed E-state index contributed by atoms with van der Waals surface area (Å²) in [6.07, 6.45) is -0.728. The highest BCUT2D eigenvalue weighted by atomic mass is 35.5. The molecule has 0 unspecified atom stereocenters. The van der Waals surface area contributed by atoms with Gasteiger partial charge >= 0.3 is 0 Å². The molecule has 2 heterocycles. The first-order valence-electron chi connectivity index (χ1n) is 14.5. The maximum atomic E-state index is 13.7. The second-order valence-electron chi connectivity index (χ2n) is 11.5. The first-order chi connectivity index (χ1) is 20.5. The maximum Gasteiger partial charge on any atom is 0.246 e. The van der Waals surface area contributed by atoms with Gasteiger partial charge in [-0.2, -0.15) is 0 Å². The summed E-state index contributed by atoms with van der Waals surface area (Å²) >= 11 is 1.58. The first-order valence-corrected chi connectivity index (χ1v) is 15.4. The summed E-state index contributed by atoms with van der Waals surface area (Å²) in [5.41, 5.74) is 9.44. The van der Waals surface area contributed by atoms with E-state index in [-0.39, 0.29) is 51.0 Å². The number of hydrogen-bond donors (Lipinski definition) is 4. The average molecular weight is 656 g/mol. The highest BCUT2D eigenvalue weighted by Crippen LogP contribution is 2.28. The molecule has 1 saturated heterocycles. The smallest absolute Gasteiger partial charge is 0.246 e. The molecule has 1 aliphatic heterocycles. The summed E-state index contributed by atoms with van der Waals surface area (Å²) < 4.78 is 16.0. The van der Waals surface area contributed by atoms with Crippen molar-refractivity contribution in [3.05, 3.63) is 41.0 Å². The molecule has 1 aromatic heterocycles. The summed E-state index contributed by atoms with van der Waals surface area (Å²) in [6.45, 7) is 9.72. The number of aromatic nitrogens is 1. The van der Waals surface area contributed by atoms with Crippen molar-refractivity contribution in [2.45, 2.75) is 58.8 Å². The minimum absolute atomic E-state index is 0. The van der Waals surface area contributed by atoms with Gasteiger partial charge in [0.05, 0.1) is 55.2 Å². The van der Waals surface area contributed by atoms with Crippen LogP contribution < -0.4 is 16.4 Å². The number of hydrogen-bond acceptors (Lipinski definition) is 10. The molecule has 3 rings (SSSR count). The molecule has 14 heteroatoms. The summed E-state index contributed by atoms with van der Waals surface area (Å²) in [5, 5.41) is 16.1. The van der Waals surface area contributed by atoms with Crippen LogP contribution in [0.25, 0.3) is 10.4 Å². The van der Waals surface area contributed by atoms with Crippen LogP contribution in [0.3, 0.4) is 0 Å². The topological polar surface area (TPSA) is 165 Å². The molecule has 5 N–H and O–H groups in total. The Morgan fingerprint density at radius 3 is 2.32 bits per heavy atom. The predicted molar refractivity (Wildman–Crippen MR) is 170 cm³/mol. The van der Waals surface area contributed by atoms with Crippen molar-refractivity contribution >= 4 is 41.5 Å². The van der Waals surface area contributed by atoms with Gasteiger partial charge in [-0.3, -0.25) is 14.4 Å². The minimum Gasteiger partial charge on any atom is -0.391 e. The van der Waals surface area contributed by atoms with E-state index in [1.165, 1.54) is 4.90 Å². The zero-order valence-corrected chi connectivity index (χ0v) is 27.5. The van der Waals surface area contributed by atoms with E-state index in [9.17, 15) is 19.5 Å². The van der Waals surface area contributed by atoms with Crippen molar-refractivity contribution in [2.24, 2.45) is 11.1 Å². The van der Waals surface area contributed by atoms with Gasteiger partial charge < -0.3 is 40.6 Å². The molecule has 0 saturated carbocycles. The van der Waals surface area contributed by atoms with Crippen molar-refractivity contribution in [1.82, 2.24) is 20.5 Å². The molecule has 1 aliphatic rings. The number of aliphatic hydroxyl groups excluding tert-OH is 1. The number of halogens is 1. The predicted octanol–water partition coefficient (Wildman–Crippen LogP) is 1.66. The molecule has 3 amide bonds. The van der Waals surface area contributed by atoms with E-state index in [0.717, 1.165) is 21.7 Å². The Bertz CT molecular complexity index is 1190. The fourth-order valence-electron chi connectivity index (χ4n) is 4.67. The molecule has 246 valence electrons. The highest BCUT2D eigenvalue weighted by Gasteiger charge is 2.44. The molecule has 0 spiro atoms. The van der Waals surface area contributed by atoms with E-state index in [1.807, 2.05) is 57.5 Å². The normalized spacial score (nSPS) is 17.2. The van der Waals surface area contributed by atoms with E-state index in [4.69, 9.17) is 19.9 Å². The van der Waals surface area contributed by atoms with Crippen molar-refractivity contribution in [3.8, 4) is 10.4 Å². The van der Waals surface area contributed by atoms with E-state index in [1.54, 1.807) is 11.3 Å². The van der Waals surface area contributed by atoms with Gasteiger partial charge in [0.15, 0.2) is 0 Å². The largest absolute Gasteiger partial charge is 0.391 e. The number of carbonyl (C=O) groups excluding carboxylic acids is 3. The van der Waals surface area contributed by atoms with Crippen LogP contribution in [-0.2, 0) is 35.1 Å². The Labute approximate surface area is 269 Å². The molecular weight excluding hydrogens is 610 g/mol. The Hall–Kier alpha value is -2.65. The van der Waals surface area contributed by atoms with Crippen LogP contribution in [-0.4, -0.2) is 104 Å². The minimum atomic E-state index is -0.928. The SMILES string of the molecule is Cc1ncsc1-c1ccc(CNC(=O)[C@H]2C[C@H](O)CN2C(=O)[C@H](NC(=O)COCCOCCOCCN)C(C)(C)C)cc1.Cl. The summed E-state index contributed by atoms with van der Waals surface area (Å²) in [5.74, 6) is -1.25. The number of carbonyl (C=O) groups is 3. The molecule has 2 aromatic rings. The van der Waals surface area contributed by atoms with E-state index in [0.29, 0.717) is 33.0 Å². The Kier molecular flexibility index (Phi) is 15.7. The van der Waals surface area contributed by atoms with Crippen LogP contribution in [0.2, 0.25) is 0 Å². The molecule has 12 nitrogen and oxygen atoms in total. The van der Waals surface area contributed by atoms with Gasteiger partial charge in [-0.05, 0) is 23.5 Å². The Morgan fingerprint density at radius 2 is 1.73 bits per heavy atom. The monoisotopic (exact) mass is 655 g/mol. The molecule has 0 bridgehead atoms. The van der Waals surface area contributed by atoms with Gasteiger partial charge in [-0.25, -0.2) is 4.98 Å². The molecule has 0 radical (unpaired) electrons.